The molecule has 1 fully saturated rings. The molecule has 4 aromatic rings. The van der Waals surface area contributed by atoms with E-state index in [-0.39, 0.29) is 0 Å². The van der Waals surface area contributed by atoms with E-state index in [9.17, 15) is 4.39 Å². The minimum atomic E-state index is -0.458. The van der Waals surface area contributed by atoms with Crippen LogP contribution in [0.5, 0.6) is 0 Å². The zero-order chi connectivity index (χ0) is 22.8. The summed E-state index contributed by atoms with van der Waals surface area (Å²) in [4.78, 5) is 0. The number of terminal acetylenes is 1. The summed E-state index contributed by atoms with van der Waals surface area (Å²) < 4.78 is 16.1. The van der Waals surface area contributed by atoms with Gasteiger partial charge in [0.25, 0.3) is 0 Å². The van der Waals surface area contributed by atoms with Gasteiger partial charge in [0.05, 0.1) is 10.9 Å². The van der Waals surface area contributed by atoms with Crippen LogP contribution >= 0.6 is 9.39 Å². The lowest BCUT2D eigenvalue weighted by atomic mass is 9.73. The molecule has 0 aliphatic heterocycles. The predicted molar refractivity (Wildman–Crippen MR) is 139 cm³/mol. The quantitative estimate of drug-likeness (QED) is 0.178. The van der Waals surface area contributed by atoms with Crippen molar-refractivity contribution in [3.8, 4) is 12.3 Å². The van der Waals surface area contributed by atoms with E-state index in [1.807, 2.05) is 24.3 Å². The molecule has 1 unspecified atom stereocenters. The van der Waals surface area contributed by atoms with Crippen LogP contribution < -0.4 is 0 Å². The van der Waals surface area contributed by atoms with E-state index >= 15 is 0 Å². The molecule has 1 saturated carbocycles. The lowest BCUT2D eigenvalue weighted by molar-refractivity contribution is 0.401. The van der Waals surface area contributed by atoms with Crippen LogP contribution in [0.3, 0.4) is 0 Å². The van der Waals surface area contributed by atoms with E-state index in [0.29, 0.717) is 11.3 Å². The van der Waals surface area contributed by atoms with E-state index in [1.165, 1.54) is 22.0 Å². The number of hydrogen-bond donors (Lipinski definition) is 0. The van der Waals surface area contributed by atoms with Crippen LogP contribution in [0.2, 0.25) is 0 Å². The first-order chi connectivity index (χ1) is 16.2. The number of allylic oxidation sites excluding steroid dienone is 2. The van der Waals surface area contributed by atoms with Crippen molar-refractivity contribution in [3.05, 3.63) is 107 Å². The minimum Gasteiger partial charge on any atom is -0.248 e. The third-order valence-electron chi connectivity index (χ3n) is 6.39. The monoisotopic (exact) mass is 450 g/mol. The summed E-state index contributed by atoms with van der Waals surface area (Å²) in [5.74, 6) is 2.56. The van der Waals surface area contributed by atoms with Gasteiger partial charge >= 0.3 is 0 Å². The summed E-state index contributed by atoms with van der Waals surface area (Å²) in [5, 5.41) is 4.46. The molecule has 4 heteroatoms. The van der Waals surface area contributed by atoms with Crippen molar-refractivity contribution in [2.45, 2.75) is 19.3 Å². The zero-order valence-electron chi connectivity index (χ0n) is 18.2. The highest BCUT2D eigenvalue weighted by Crippen LogP contribution is 2.45. The van der Waals surface area contributed by atoms with Crippen molar-refractivity contribution in [3.63, 3.8) is 0 Å². The Morgan fingerprint density at radius 2 is 1.73 bits per heavy atom. The van der Waals surface area contributed by atoms with Gasteiger partial charge in [-0.05, 0) is 85.8 Å². The third kappa shape index (κ3) is 4.15. The van der Waals surface area contributed by atoms with Crippen LogP contribution in [-0.4, -0.2) is 9.55 Å². The maximum Gasteiger partial charge on any atom is 0.240 e. The van der Waals surface area contributed by atoms with Gasteiger partial charge in [-0.15, -0.1) is 11.5 Å². The highest BCUT2D eigenvalue weighted by Gasteiger charge is 2.27. The number of nitrogens with zero attached hydrogens (tertiary/aromatic N) is 2. The van der Waals surface area contributed by atoms with E-state index < -0.39 is 5.95 Å². The average molecular weight is 450 g/mol. The van der Waals surface area contributed by atoms with Gasteiger partial charge in [-0.3, -0.25) is 0 Å². The average Bonchev–Trinajstić information content (AvgIpc) is 3.10. The van der Waals surface area contributed by atoms with Crippen molar-refractivity contribution in [2.24, 2.45) is 5.92 Å². The summed E-state index contributed by atoms with van der Waals surface area (Å²) >= 11 is 0. The van der Waals surface area contributed by atoms with Crippen LogP contribution in [0, 0.1) is 24.2 Å². The predicted octanol–water partition coefficient (Wildman–Crippen LogP) is 7.22. The SMILES string of the molecule is C#C/C=C/c1ccc(/C(=C(\c2ccccc2)C2CCC2)c2ccc3c(c2)c(F)nn3P)cc1. The fraction of sp³-hybridized carbons (Fsp3) is 0.138. The molecule has 162 valence electrons. The fourth-order valence-corrected chi connectivity index (χ4v) is 4.87. The smallest absolute Gasteiger partial charge is 0.240 e. The first kappa shape index (κ1) is 21.4. The lowest BCUT2D eigenvalue weighted by Gasteiger charge is -2.31. The maximum absolute atomic E-state index is 14.6. The minimum absolute atomic E-state index is 0.458. The Morgan fingerprint density at radius 3 is 2.39 bits per heavy atom. The molecule has 1 aliphatic rings. The Hall–Kier alpha value is -3.47. The first-order valence-corrected chi connectivity index (χ1v) is 11.6. The molecule has 3 aromatic carbocycles. The van der Waals surface area contributed by atoms with Gasteiger partial charge in [-0.2, -0.15) is 4.39 Å². The molecular weight excluding hydrogens is 426 g/mol. The van der Waals surface area contributed by atoms with Crippen LogP contribution in [0.15, 0.2) is 78.9 Å². The Kier molecular flexibility index (Phi) is 5.95. The molecule has 33 heavy (non-hydrogen) atoms. The number of benzene rings is 3. The maximum atomic E-state index is 14.6. The molecule has 0 N–H and O–H groups in total. The Morgan fingerprint density at radius 1 is 1.00 bits per heavy atom. The van der Waals surface area contributed by atoms with E-state index in [2.05, 4.69) is 75.0 Å². The summed E-state index contributed by atoms with van der Waals surface area (Å²) in [7, 11) is 2.45. The third-order valence-corrected chi connectivity index (χ3v) is 6.78. The number of aromatic nitrogens is 2. The normalized spacial score (nSPS) is 14.8. The van der Waals surface area contributed by atoms with Gasteiger partial charge in [0.2, 0.25) is 5.95 Å². The summed E-state index contributed by atoms with van der Waals surface area (Å²) in [6, 6.07) is 24.9. The standard InChI is InChI=1S/C29H24FN2P/c1-2-3-8-20-13-15-23(16-14-20)28(24-17-18-26-25(19-24)29(30)31-32(26)33)27(22-11-7-12-22)21-9-5-4-6-10-21/h1,3-6,8-10,13-19,22H,7,11-12,33H2/b8-3+,28-27-. The van der Waals surface area contributed by atoms with Crippen LogP contribution in [-0.2, 0) is 0 Å². The molecule has 0 saturated heterocycles. The zero-order valence-corrected chi connectivity index (χ0v) is 19.4. The molecule has 1 heterocycles. The van der Waals surface area contributed by atoms with Crippen LogP contribution in [0.4, 0.5) is 4.39 Å². The van der Waals surface area contributed by atoms with Gasteiger partial charge in [-0.1, -0.05) is 73.0 Å². The number of rotatable bonds is 5. The first-order valence-electron chi connectivity index (χ1n) is 11.1. The molecule has 0 spiro atoms. The molecular formula is C29H24FN2P. The molecule has 5 rings (SSSR count). The summed E-state index contributed by atoms with van der Waals surface area (Å²) in [5.41, 5.74) is 7.60. The van der Waals surface area contributed by atoms with Crippen LogP contribution in [0.1, 0.15) is 41.5 Å². The second-order valence-corrected chi connectivity index (χ2v) is 8.86. The number of fused-ring (bicyclic) bond motifs is 1. The summed E-state index contributed by atoms with van der Waals surface area (Å²) in [6.07, 6.45) is 12.6. The molecule has 1 aromatic heterocycles. The number of hydrogen-bond acceptors (Lipinski definition) is 1. The van der Waals surface area contributed by atoms with Crippen LogP contribution in [0.25, 0.3) is 28.1 Å². The molecule has 0 bridgehead atoms. The van der Waals surface area contributed by atoms with Crippen molar-refractivity contribution >= 4 is 37.5 Å². The molecule has 0 radical (unpaired) electrons. The molecule has 1 aliphatic carbocycles. The lowest BCUT2D eigenvalue weighted by Crippen LogP contribution is -2.15. The van der Waals surface area contributed by atoms with Crippen molar-refractivity contribution in [2.75, 3.05) is 0 Å². The highest BCUT2D eigenvalue weighted by molar-refractivity contribution is 7.14. The van der Waals surface area contributed by atoms with Gasteiger partial charge in [0.15, 0.2) is 0 Å². The van der Waals surface area contributed by atoms with Crippen molar-refractivity contribution in [1.82, 2.24) is 9.55 Å². The Balaban J connectivity index is 1.76. The van der Waals surface area contributed by atoms with E-state index in [1.54, 1.807) is 6.08 Å². The molecule has 0 amide bonds. The van der Waals surface area contributed by atoms with Crippen molar-refractivity contribution in [1.29, 1.82) is 0 Å². The fourth-order valence-electron chi connectivity index (χ4n) is 4.54. The second-order valence-electron chi connectivity index (χ2n) is 8.37. The Labute approximate surface area is 196 Å². The van der Waals surface area contributed by atoms with Crippen molar-refractivity contribution < 1.29 is 4.39 Å². The molecule has 1 atom stereocenters. The number of halogens is 1. The molecule has 2 nitrogen and oxygen atoms in total. The van der Waals surface area contributed by atoms with Gasteiger partial charge in [-0.25, -0.2) is 4.45 Å². The van der Waals surface area contributed by atoms with E-state index in [4.69, 9.17) is 6.42 Å². The topological polar surface area (TPSA) is 17.8 Å². The van der Waals surface area contributed by atoms with Gasteiger partial charge in [0, 0.05) is 0 Å². The Bertz CT molecular complexity index is 1400. The summed E-state index contributed by atoms with van der Waals surface area (Å²) in [6.45, 7) is 0. The highest BCUT2D eigenvalue weighted by atomic mass is 31.0. The largest absolute Gasteiger partial charge is 0.248 e. The van der Waals surface area contributed by atoms with Gasteiger partial charge in [0.1, 0.15) is 0 Å². The van der Waals surface area contributed by atoms with Gasteiger partial charge < -0.3 is 0 Å². The second kappa shape index (κ2) is 9.18. The van der Waals surface area contributed by atoms with E-state index in [0.717, 1.165) is 40.6 Å².